The minimum atomic E-state index is 0.593. The van der Waals surface area contributed by atoms with Crippen molar-refractivity contribution in [3.8, 4) is 0 Å². The van der Waals surface area contributed by atoms with Crippen molar-refractivity contribution >= 4 is 12.6 Å². The van der Waals surface area contributed by atoms with Crippen molar-refractivity contribution in [2.24, 2.45) is 11.8 Å². The summed E-state index contributed by atoms with van der Waals surface area (Å²) in [6, 6.07) is 0. The lowest BCUT2D eigenvalue weighted by molar-refractivity contribution is 0.416. The Hall–Kier alpha value is 0.350. The average Bonchev–Trinajstić information content (AvgIpc) is 2.00. The second-order valence-corrected chi connectivity index (χ2v) is 3.86. The van der Waals surface area contributed by atoms with Gasteiger partial charge in [-0.15, -0.1) is 0 Å². The molecule has 0 bridgehead atoms. The van der Waals surface area contributed by atoms with E-state index in [1.807, 2.05) is 0 Å². The van der Waals surface area contributed by atoms with Gasteiger partial charge in [0.05, 0.1) is 0 Å². The van der Waals surface area contributed by atoms with Crippen molar-refractivity contribution in [1.29, 1.82) is 0 Å². The van der Waals surface area contributed by atoms with Crippen LogP contribution in [0.15, 0.2) is 0 Å². The first-order valence-electron chi connectivity index (χ1n) is 4.31. The normalized spacial score (nSPS) is 20.1. The van der Waals surface area contributed by atoms with Crippen LogP contribution in [0.1, 0.15) is 40.5 Å². The molecule has 0 aliphatic heterocycles. The van der Waals surface area contributed by atoms with Gasteiger partial charge in [-0.1, -0.05) is 40.5 Å². The highest BCUT2D eigenvalue weighted by Crippen LogP contribution is 2.23. The third kappa shape index (κ3) is 2.96. The fraction of sp³-hybridized carbons (Fsp3) is 1.00. The van der Waals surface area contributed by atoms with Crippen LogP contribution < -0.4 is 0 Å². The van der Waals surface area contributed by atoms with Crippen LogP contribution in [0.5, 0.6) is 0 Å². The molecular formula is C9H20S. The zero-order valence-electron chi connectivity index (χ0n) is 7.59. The number of thiol groups is 1. The molecule has 1 heteroatoms. The average molecular weight is 160 g/mol. The van der Waals surface area contributed by atoms with Crippen LogP contribution in [0.3, 0.4) is 0 Å². The molecule has 0 nitrogen and oxygen atoms in total. The highest BCUT2D eigenvalue weighted by atomic mass is 32.1. The van der Waals surface area contributed by atoms with Gasteiger partial charge in [0.1, 0.15) is 0 Å². The van der Waals surface area contributed by atoms with Crippen LogP contribution in [0.25, 0.3) is 0 Å². The van der Waals surface area contributed by atoms with Gasteiger partial charge in [-0.05, 0) is 11.8 Å². The van der Waals surface area contributed by atoms with E-state index in [0.29, 0.717) is 5.25 Å². The van der Waals surface area contributed by atoms with Gasteiger partial charge in [-0.2, -0.15) is 12.6 Å². The minimum Gasteiger partial charge on any atom is -0.175 e. The Balaban J connectivity index is 3.69. The quantitative estimate of drug-likeness (QED) is 0.599. The third-order valence-corrected chi connectivity index (χ3v) is 3.47. The standard InChI is InChI=1S/C9H20S/c1-5-7(3)9(10)8(4)6-2/h7-10H,5-6H2,1-4H3. The van der Waals surface area contributed by atoms with Gasteiger partial charge >= 0.3 is 0 Å². The Morgan fingerprint density at radius 2 is 1.30 bits per heavy atom. The molecule has 0 amide bonds. The molecule has 0 rings (SSSR count). The number of rotatable bonds is 4. The molecule has 0 radical (unpaired) electrons. The minimum absolute atomic E-state index is 0.593. The predicted octanol–water partition coefficient (Wildman–Crippen LogP) is 3.38. The van der Waals surface area contributed by atoms with Crippen molar-refractivity contribution < 1.29 is 0 Å². The van der Waals surface area contributed by atoms with Crippen molar-refractivity contribution in [3.05, 3.63) is 0 Å². The van der Waals surface area contributed by atoms with Crippen molar-refractivity contribution in [1.82, 2.24) is 0 Å². The molecule has 0 saturated carbocycles. The van der Waals surface area contributed by atoms with E-state index in [4.69, 9.17) is 0 Å². The molecule has 62 valence electrons. The fourth-order valence-corrected chi connectivity index (χ4v) is 1.47. The van der Waals surface area contributed by atoms with E-state index in [1.54, 1.807) is 0 Å². The molecule has 0 aromatic rings. The first kappa shape index (κ1) is 10.3. The second-order valence-electron chi connectivity index (χ2n) is 3.26. The Bertz CT molecular complexity index is 70.8. The first-order valence-corrected chi connectivity index (χ1v) is 4.83. The van der Waals surface area contributed by atoms with Gasteiger partial charge in [0.2, 0.25) is 0 Å². The Morgan fingerprint density at radius 3 is 1.50 bits per heavy atom. The van der Waals surface area contributed by atoms with Gasteiger partial charge in [0, 0.05) is 5.25 Å². The summed E-state index contributed by atoms with van der Waals surface area (Å²) in [4.78, 5) is 0. The second kappa shape index (κ2) is 5.06. The molecule has 0 aromatic heterocycles. The molecule has 2 atom stereocenters. The predicted molar refractivity (Wildman–Crippen MR) is 51.7 cm³/mol. The Morgan fingerprint density at radius 1 is 1.00 bits per heavy atom. The Kier molecular flexibility index (Phi) is 5.24. The topological polar surface area (TPSA) is 0 Å². The maximum atomic E-state index is 4.58. The highest BCUT2D eigenvalue weighted by molar-refractivity contribution is 7.81. The molecular weight excluding hydrogens is 140 g/mol. The van der Waals surface area contributed by atoms with E-state index in [0.717, 1.165) is 11.8 Å². The molecule has 10 heavy (non-hydrogen) atoms. The van der Waals surface area contributed by atoms with Crippen LogP contribution >= 0.6 is 12.6 Å². The molecule has 0 N–H and O–H groups in total. The first-order chi connectivity index (χ1) is 4.63. The summed E-state index contributed by atoms with van der Waals surface area (Å²) < 4.78 is 0. The lowest BCUT2D eigenvalue weighted by Gasteiger charge is -2.22. The van der Waals surface area contributed by atoms with Crippen LogP contribution in [0.4, 0.5) is 0 Å². The van der Waals surface area contributed by atoms with Crippen molar-refractivity contribution in [2.75, 3.05) is 0 Å². The molecule has 0 aromatic carbocycles. The zero-order chi connectivity index (χ0) is 8.15. The monoisotopic (exact) mass is 160 g/mol. The molecule has 0 spiro atoms. The summed E-state index contributed by atoms with van der Waals surface area (Å²) in [5.74, 6) is 1.52. The maximum absolute atomic E-state index is 4.58. The summed E-state index contributed by atoms with van der Waals surface area (Å²) in [6.07, 6.45) is 2.50. The van der Waals surface area contributed by atoms with Gasteiger partial charge in [0.15, 0.2) is 0 Å². The van der Waals surface area contributed by atoms with Gasteiger partial charge < -0.3 is 0 Å². The largest absolute Gasteiger partial charge is 0.175 e. The van der Waals surface area contributed by atoms with E-state index >= 15 is 0 Å². The molecule has 0 aliphatic carbocycles. The van der Waals surface area contributed by atoms with Gasteiger partial charge in [-0.25, -0.2) is 0 Å². The summed E-state index contributed by atoms with van der Waals surface area (Å²) in [6.45, 7) is 9.03. The molecule has 0 fully saturated rings. The van der Waals surface area contributed by atoms with Crippen LogP contribution in [0, 0.1) is 11.8 Å². The molecule has 0 saturated heterocycles. The van der Waals surface area contributed by atoms with Gasteiger partial charge in [0.25, 0.3) is 0 Å². The van der Waals surface area contributed by atoms with Crippen LogP contribution in [-0.4, -0.2) is 5.25 Å². The van der Waals surface area contributed by atoms with E-state index in [2.05, 4.69) is 40.3 Å². The lowest BCUT2D eigenvalue weighted by Crippen LogP contribution is -2.18. The van der Waals surface area contributed by atoms with Gasteiger partial charge in [-0.3, -0.25) is 0 Å². The van der Waals surface area contributed by atoms with E-state index in [-0.39, 0.29) is 0 Å². The van der Waals surface area contributed by atoms with E-state index < -0.39 is 0 Å². The van der Waals surface area contributed by atoms with Crippen LogP contribution in [-0.2, 0) is 0 Å². The molecule has 0 aliphatic rings. The summed E-state index contributed by atoms with van der Waals surface area (Å²) in [7, 11) is 0. The highest BCUT2D eigenvalue weighted by Gasteiger charge is 2.16. The maximum Gasteiger partial charge on any atom is 0.00678 e. The Labute approximate surface area is 70.8 Å². The summed E-state index contributed by atoms with van der Waals surface area (Å²) >= 11 is 4.58. The molecule has 0 heterocycles. The fourth-order valence-electron chi connectivity index (χ4n) is 1.04. The van der Waals surface area contributed by atoms with Crippen molar-refractivity contribution in [3.63, 3.8) is 0 Å². The summed E-state index contributed by atoms with van der Waals surface area (Å²) in [5, 5.41) is 0.593. The number of hydrogen-bond acceptors (Lipinski definition) is 1. The molecule has 2 unspecified atom stereocenters. The number of hydrogen-bond donors (Lipinski definition) is 1. The van der Waals surface area contributed by atoms with E-state index in [1.165, 1.54) is 12.8 Å². The van der Waals surface area contributed by atoms with E-state index in [9.17, 15) is 0 Å². The SMILES string of the molecule is CCC(C)C(S)C(C)CC. The smallest absolute Gasteiger partial charge is 0.00678 e. The zero-order valence-corrected chi connectivity index (χ0v) is 8.49. The van der Waals surface area contributed by atoms with Crippen LogP contribution in [0.2, 0.25) is 0 Å². The summed E-state index contributed by atoms with van der Waals surface area (Å²) in [5.41, 5.74) is 0. The van der Waals surface area contributed by atoms with Crippen molar-refractivity contribution in [2.45, 2.75) is 45.8 Å². The lowest BCUT2D eigenvalue weighted by atomic mass is 9.93. The third-order valence-electron chi connectivity index (χ3n) is 2.45.